The highest BCUT2D eigenvalue weighted by atomic mass is 32.2. The first-order chi connectivity index (χ1) is 26.6. The van der Waals surface area contributed by atoms with Gasteiger partial charge >= 0.3 is 5.56 Å². The molecule has 7 nitrogen and oxygen atoms in total. The SMILES string of the molecule is CCN1C(=O)/C(=c2\s/c(=C\c3ccc(N(c4ccccc4)c4ccc(/C(C)=C(/c5ccccc5)c5ccc(C)cc5)cc4)cc3)c(=O)n2OC(C)O)SC1=S. The molecule has 0 radical (unpaired) electrons. The average Bonchev–Trinajstić information content (AvgIpc) is 3.66. The number of amides is 1. The summed E-state index contributed by atoms with van der Waals surface area (Å²) in [5.74, 6) is -0.291. The molecule has 0 saturated carbocycles. The van der Waals surface area contributed by atoms with Crippen LogP contribution in [-0.4, -0.2) is 37.8 Å². The van der Waals surface area contributed by atoms with Gasteiger partial charge < -0.3 is 14.8 Å². The lowest BCUT2D eigenvalue weighted by Crippen LogP contribution is -2.41. The summed E-state index contributed by atoms with van der Waals surface area (Å²) in [7, 11) is 0. The molecule has 7 rings (SSSR count). The number of aliphatic hydroxyl groups is 1. The van der Waals surface area contributed by atoms with Gasteiger partial charge in [0.2, 0.25) is 6.29 Å². The van der Waals surface area contributed by atoms with Crippen LogP contribution in [0.2, 0.25) is 0 Å². The van der Waals surface area contributed by atoms with Crippen molar-refractivity contribution in [3.05, 3.63) is 181 Å². The molecule has 6 aromatic rings. The van der Waals surface area contributed by atoms with E-state index in [1.54, 1.807) is 6.08 Å². The number of carbonyl (C=O) groups excluding carboxylic acids is 1. The molecule has 1 fully saturated rings. The third-order valence-electron chi connectivity index (χ3n) is 9.20. The molecule has 10 heteroatoms. The van der Waals surface area contributed by atoms with E-state index < -0.39 is 11.8 Å². The highest BCUT2D eigenvalue weighted by molar-refractivity contribution is 8.30. The fourth-order valence-corrected chi connectivity index (χ4v) is 9.02. The van der Waals surface area contributed by atoms with Crippen molar-refractivity contribution in [2.24, 2.45) is 0 Å². The summed E-state index contributed by atoms with van der Waals surface area (Å²) in [5.41, 5.74) is 10.3. The van der Waals surface area contributed by atoms with Crippen LogP contribution in [0.4, 0.5) is 17.1 Å². The lowest BCUT2D eigenvalue weighted by Gasteiger charge is -2.26. The summed E-state index contributed by atoms with van der Waals surface area (Å²) in [6.07, 6.45) is 0.490. The molecule has 1 atom stereocenters. The molecule has 2 heterocycles. The van der Waals surface area contributed by atoms with Gasteiger partial charge in [-0.25, -0.2) is 0 Å². The monoisotopic (exact) mass is 781 g/mol. The molecular formula is C45H39N3O4S3. The van der Waals surface area contributed by atoms with Crippen LogP contribution in [-0.2, 0) is 4.79 Å². The molecule has 1 N–H and O–H groups in total. The van der Waals surface area contributed by atoms with E-state index in [9.17, 15) is 14.7 Å². The Balaban J connectivity index is 1.26. The van der Waals surface area contributed by atoms with E-state index in [-0.39, 0.29) is 5.91 Å². The minimum atomic E-state index is -1.27. The summed E-state index contributed by atoms with van der Waals surface area (Å²) in [5, 5.41) is 10.0. The first-order valence-electron chi connectivity index (χ1n) is 17.9. The van der Waals surface area contributed by atoms with E-state index in [0.717, 1.165) is 56.0 Å². The second kappa shape index (κ2) is 16.5. The standard InChI is InChI=1S/C45H39N3O4S3/c1-5-46-43(51)41(55-45(46)53)44-48(52-31(4)49)42(50)39(54-44)28-32-18-24-37(25-19-32)47(36-14-10-7-11-15-36)38-26-22-33(23-27-38)30(3)40(34-12-8-6-9-13-34)35-20-16-29(2)17-21-35/h6-28,31,49H,5H2,1-4H3/b39-28-,40-30-,44-41+. The van der Waals surface area contributed by atoms with Gasteiger partial charge in [-0.05, 0) is 96.6 Å². The number of hydrogen-bond donors (Lipinski definition) is 1. The molecule has 55 heavy (non-hydrogen) atoms. The van der Waals surface area contributed by atoms with Crippen molar-refractivity contribution in [2.75, 3.05) is 11.4 Å². The fraction of sp³-hybridized carbons (Fsp3) is 0.133. The Labute approximate surface area is 333 Å². The molecule has 1 saturated heterocycles. The summed E-state index contributed by atoms with van der Waals surface area (Å²) in [6.45, 7) is 7.95. The maximum Gasteiger partial charge on any atom is 0.301 e. The van der Waals surface area contributed by atoms with Gasteiger partial charge in [-0.15, -0.1) is 16.1 Å². The summed E-state index contributed by atoms with van der Waals surface area (Å²) >= 11 is 7.65. The number of aliphatic hydroxyl groups excluding tert-OH is 1. The second-order valence-corrected chi connectivity index (χ2v) is 15.7. The minimum absolute atomic E-state index is 0.291. The van der Waals surface area contributed by atoms with Crippen molar-refractivity contribution in [2.45, 2.75) is 34.0 Å². The number of rotatable bonds is 10. The number of benzene rings is 5. The lowest BCUT2D eigenvalue weighted by atomic mass is 9.90. The van der Waals surface area contributed by atoms with Gasteiger partial charge in [-0.3, -0.25) is 14.5 Å². The zero-order valence-corrected chi connectivity index (χ0v) is 33.3. The molecule has 276 valence electrons. The van der Waals surface area contributed by atoms with Crippen molar-refractivity contribution >= 4 is 84.7 Å². The number of allylic oxidation sites excluding steroid dienone is 1. The number of hydrogen-bond acceptors (Lipinski definition) is 8. The first-order valence-corrected chi connectivity index (χ1v) is 19.9. The Kier molecular flexibility index (Phi) is 11.3. The van der Waals surface area contributed by atoms with E-state index in [4.69, 9.17) is 17.1 Å². The number of para-hydroxylation sites is 1. The number of carbonyl (C=O) groups is 1. The number of thioether (sulfide) groups is 1. The minimum Gasteiger partial charge on any atom is -0.378 e. The van der Waals surface area contributed by atoms with Gasteiger partial charge in [0.1, 0.15) is 9.23 Å². The van der Waals surface area contributed by atoms with Gasteiger partial charge in [0.25, 0.3) is 5.91 Å². The predicted molar refractivity (Wildman–Crippen MR) is 231 cm³/mol. The van der Waals surface area contributed by atoms with E-state index in [1.807, 2.05) is 55.5 Å². The van der Waals surface area contributed by atoms with E-state index in [2.05, 4.69) is 104 Å². The molecule has 0 aliphatic carbocycles. The molecule has 1 aliphatic rings. The quantitative estimate of drug-likeness (QED) is 0.0853. The van der Waals surface area contributed by atoms with Crippen molar-refractivity contribution in [1.29, 1.82) is 0 Å². The zero-order chi connectivity index (χ0) is 38.6. The summed E-state index contributed by atoms with van der Waals surface area (Å²) in [6, 6.07) is 46.0. The molecule has 1 unspecified atom stereocenters. The Morgan fingerprint density at radius 1 is 0.800 bits per heavy atom. The number of aromatic nitrogens is 1. The van der Waals surface area contributed by atoms with Crippen LogP contribution in [0.1, 0.15) is 48.6 Å². The Bertz CT molecular complexity index is 2560. The van der Waals surface area contributed by atoms with Crippen molar-refractivity contribution in [3.63, 3.8) is 0 Å². The van der Waals surface area contributed by atoms with Gasteiger partial charge in [-0.2, -0.15) is 0 Å². The number of anilines is 3. The van der Waals surface area contributed by atoms with Crippen LogP contribution in [0.15, 0.2) is 138 Å². The summed E-state index contributed by atoms with van der Waals surface area (Å²) < 4.78 is 2.06. The van der Waals surface area contributed by atoms with Crippen molar-refractivity contribution < 1.29 is 14.7 Å². The van der Waals surface area contributed by atoms with E-state index >= 15 is 0 Å². The van der Waals surface area contributed by atoms with Crippen LogP contribution in [0.5, 0.6) is 0 Å². The smallest absolute Gasteiger partial charge is 0.301 e. The molecule has 5 aromatic carbocycles. The zero-order valence-electron chi connectivity index (χ0n) is 30.8. The maximum absolute atomic E-state index is 13.6. The van der Waals surface area contributed by atoms with Gasteiger partial charge in [0, 0.05) is 30.5 Å². The second-order valence-electron chi connectivity index (χ2n) is 13.0. The van der Waals surface area contributed by atoms with Crippen molar-refractivity contribution in [3.8, 4) is 0 Å². The van der Waals surface area contributed by atoms with Crippen molar-refractivity contribution in [1.82, 2.24) is 9.63 Å². The maximum atomic E-state index is 13.6. The van der Waals surface area contributed by atoms with Gasteiger partial charge in [0.15, 0.2) is 4.66 Å². The molecule has 1 aromatic heterocycles. The van der Waals surface area contributed by atoms with Crippen LogP contribution >= 0.6 is 35.3 Å². The number of thiazole rings is 1. The number of aryl methyl sites for hydroxylation is 1. The van der Waals surface area contributed by atoms with Crippen LogP contribution < -0.4 is 24.5 Å². The van der Waals surface area contributed by atoms with Gasteiger partial charge in [-0.1, -0.05) is 127 Å². The number of nitrogens with zero attached hydrogens (tertiary/aromatic N) is 3. The van der Waals surface area contributed by atoms with E-state index in [0.29, 0.717) is 25.0 Å². The van der Waals surface area contributed by atoms with E-state index in [1.165, 1.54) is 39.7 Å². The highest BCUT2D eigenvalue weighted by Crippen LogP contribution is 2.37. The van der Waals surface area contributed by atoms with Crippen LogP contribution in [0.3, 0.4) is 0 Å². The number of thiocarbonyl (C=S) groups is 1. The lowest BCUT2D eigenvalue weighted by molar-refractivity contribution is -0.120. The van der Waals surface area contributed by atoms with Crippen LogP contribution in [0.25, 0.3) is 22.1 Å². The molecular weight excluding hydrogens is 743 g/mol. The first kappa shape index (κ1) is 37.8. The highest BCUT2D eigenvalue weighted by Gasteiger charge is 2.33. The third kappa shape index (κ3) is 7.99. The molecule has 0 spiro atoms. The average molecular weight is 782 g/mol. The Hall–Kier alpha value is -5.52. The fourth-order valence-electron chi connectivity index (χ4n) is 6.48. The van der Waals surface area contributed by atoms with Crippen LogP contribution in [0, 0.1) is 6.92 Å². The normalized spacial score (nSPS) is 15.3. The largest absolute Gasteiger partial charge is 0.378 e. The molecule has 1 aliphatic heterocycles. The molecule has 1 amide bonds. The predicted octanol–water partition coefficient (Wildman–Crippen LogP) is 8.25. The molecule has 0 bridgehead atoms. The topological polar surface area (TPSA) is 75.0 Å². The Morgan fingerprint density at radius 2 is 1.35 bits per heavy atom. The van der Waals surface area contributed by atoms with Gasteiger partial charge in [0.05, 0.1) is 4.53 Å². The summed E-state index contributed by atoms with van der Waals surface area (Å²) in [4.78, 5) is 36.2. The third-order valence-corrected chi connectivity index (χ3v) is 11.8. The Morgan fingerprint density at radius 3 is 1.93 bits per heavy atom.